The summed E-state index contributed by atoms with van der Waals surface area (Å²) in [5.74, 6) is -2.98. The summed E-state index contributed by atoms with van der Waals surface area (Å²) >= 11 is 6.73. The lowest BCUT2D eigenvalue weighted by Gasteiger charge is -2.43. The number of urea groups is 1. The third kappa shape index (κ3) is 9.52. The summed E-state index contributed by atoms with van der Waals surface area (Å²) in [7, 11) is 0. The van der Waals surface area contributed by atoms with E-state index in [1.165, 1.54) is 23.8 Å². The predicted octanol–water partition coefficient (Wildman–Crippen LogP) is 8.77. The molecule has 1 aliphatic carbocycles. The van der Waals surface area contributed by atoms with E-state index in [1.54, 1.807) is 4.90 Å². The third-order valence-electron chi connectivity index (χ3n) is 16.1. The van der Waals surface area contributed by atoms with Crippen molar-refractivity contribution in [1.29, 1.82) is 0 Å². The number of carbonyl (C=O) groups is 4. The van der Waals surface area contributed by atoms with Crippen LogP contribution in [0.2, 0.25) is 5.02 Å². The van der Waals surface area contributed by atoms with Gasteiger partial charge in [0.15, 0.2) is 17.2 Å². The molecule has 0 spiro atoms. The predicted molar refractivity (Wildman–Crippen MR) is 271 cm³/mol. The number of rotatable bonds is 13. The van der Waals surface area contributed by atoms with E-state index in [4.69, 9.17) is 26.8 Å². The van der Waals surface area contributed by atoms with Gasteiger partial charge in [0.25, 0.3) is 0 Å². The van der Waals surface area contributed by atoms with E-state index in [2.05, 4.69) is 44.7 Å². The van der Waals surface area contributed by atoms with E-state index in [-0.39, 0.29) is 71.2 Å². The van der Waals surface area contributed by atoms with E-state index >= 15 is 8.78 Å². The number of ether oxygens (including phenoxy) is 2. The Kier molecular flexibility index (Phi) is 14.3. The van der Waals surface area contributed by atoms with E-state index in [1.807, 2.05) is 49.4 Å². The summed E-state index contributed by atoms with van der Waals surface area (Å²) in [5.41, 5.74) is 7.46. The highest BCUT2D eigenvalue weighted by Gasteiger charge is 2.50. The number of carbonyl (C=O) groups excluding carboxylic acids is 4. The summed E-state index contributed by atoms with van der Waals surface area (Å²) in [4.78, 5) is 57.2. The first-order valence-electron chi connectivity index (χ1n) is 25.4. The first kappa shape index (κ1) is 49.4. The highest BCUT2D eigenvalue weighted by atomic mass is 35.5. The molecule has 4 aliphatic heterocycles. The van der Waals surface area contributed by atoms with Gasteiger partial charge in [-0.05, 0) is 117 Å². The summed E-state index contributed by atoms with van der Waals surface area (Å²) in [6.07, 6.45) is 7.45. The van der Waals surface area contributed by atoms with E-state index in [9.17, 15) is 24.3 Å². The molecule has 3 saturated heterocycles. The fourth-order valence-corrected chi connectivity index (χ4v) is 12.4. The largest absolute Gasteiger partial charge is 0.488 e. The molecule has 5 aromatic carbocycles. The number of benzene rings is 5. The Morgan fingerprint density at radius 1 is 0.875 bits per heavy atom. The average molecular weight is 1000 g/mol. The number of imide groups is 1. The summed E-state index contributed by atoms with van der Waals surface area (Å²) in [5, 5.41) is 17.3. The Bertz CT molecular complexity index is 2880. The molecule has 5 N–H and O–H groups in total. The summed E-state index contributed by atoms with van der Waals surface area (Å²) in [6.45, 7) is 5.58. The van der Waals surface area contributed by atoms with Crippen LogP contribution in [0.15, 0.2) is 84.9 Å². The van der Waals surface area contributed by atoms with E-state index < -0.39 is 34.1 Å². The van der Waals surface area contributed by atoms with Crippen molar-refractivity contribution >= 4 is 51.8 Å². The van der Waals surface area contributed by atoms with Crippen molar-refractivity contribution in [3.63, 3.8) is 0 Å². The van der Waals surface area contributed by atoms with Gasteiger partial charge in [0.2, 0.25) is 17.7 Å². The molecule has 1 saturated carbocycles. The van der Waals surface area contributed by atoms with Crippen molar-refractivity contribution in [3.8, 4) is 22.6 Å². The zero-order valence-electron chi connectivity index (χ0n) is 40.4. The quantitative estimate of drug-likeness (QED) is 0.0902. The van der Waals surface area contributed by atoms with E-state index in [0.29, 0.717) is 37.0 Å². The van der Waals surface area contributed by atoms with Crippen LogP contribution in [0.3, 0.4) is 0 Å². The molecule has 2 unspecified atom stereocenters. The number of primary amides is 1. The van der Waals surface area contributed by atoms with Crippen LogP contribution in [-0.2, 0) is 15.2 Å². The molecule has 0 radical (unpaired) electrons. The van der Waals surface area contributed by atoms with Gasteiger partial charge in [0, 0.05) is 85.0 Å². The number of amides is 5. The molecule has 4 heterocycles. The number of hydrogen-bond acceptors (Lipinski definition) is 9. The molecule has 2 atom stereocenters. The molecule has 72 heavy (non-hydrogen) atoms. The van der Waals surface area contributed by atoms with Crippen molar-refractivity contribution in [2.75, 3.05) is 57.4 Å². The smallest absolute Gasteiger partial charge is 0.328 e. The topological polar surface area (TPSA) is 167 Å². The lowest BCUT2D eigenvalue weighted by atomic mass is 9.77. The van der Waals surface area contributed by atoms with Gasteiger partial charge in [-0.15, -0.1) is 0 Å². The number of nitrogens with two attached hydrogens (primary N) is 1. The van der Waals surface area contributed by atoms with Crippen LogP contribution < -0.4 is 30.7 Å². The highest BCUT2D eigenvalue weighted by molar-refractivity contribution is 6.34. The van der Waals surface area contributed by atoms with Gasteiger partial charge in [-0.2, -0.15) is 0 Å². The molecule has 4 fully saturated rings. The van der Waals surface area contributed by atoms with Crippen molar-refractivity contribution in [2.45, 2.75) is 94.2 Å². The number of likely N-dealkylation sites (tertiary alicyclic amines) is 2. The minimum atomic E-state index is -1.10. The Morgan fingerprint density at radius 3 is 2.31 bits per heavy atom. The minimum absolute atomic E-state index is 0.0482. The molecular formula is C56H61ClF2N6O7. The van der Waals surface area contributed by atoms with Crippen LogP contribution in [0.1, 0.15) is 104 Å². The lowest BCUT2D eigenvalue weighted by Crippen LogP contribution is -2.51. The Labute approximate surface area is 422 Å². The van der Waals surface area contributed by atoms with Gasteiger partial charge >= 0.3 is 6.03 Å². The molecule has 10 rings (SSSR count). The van der Waals surface area contributed by atoms with Crippen molar-refractivity contribution in [1.82, 2.24) is 20.4 Å². The van der Waals surface area contributed by atoms with Crippen molar-refractivity contribution in [3.05, 3.63) is 124 Å². The Morgan fingerprint density at radius 2 is 1.60 bits per heavy atom. The fraction of sp³-hybridized carbons (Fsp3) is 0.429. The second-order valence-electron chi connectivity index (χ2n) is 20.1. The molecule has 16 heteroatoms. The van der Waals surface area contributed by atoms with Crippen molar-refractivity contribution in [2.24, 2.45) is 11.7 Å². The van der Waals surface area contributed by atoms with Gasteiger partial charge in [-0.25, -0.2) is 13.6 Å². The SMILES string of the molecule is CC1c2c(cc(F)c(Cl)c2-c2c(C(N)=O)ccc(OCCO)c2F)OC1(CNC1CCC(C(=O)N2CCC(N3CCC(c4ccc5cc(N6CCC(=O)NC6=O)ccc5c4)CC3)CC2)CC1)c1ccccc1. The van der Waals surface area contributed by atoms with Crippen LogP contribution in [0, 0.1) is 17.6 Å². The number of piperidine rings is 2. The normalized spacial score (nSPS) is 23.2. The first-order chi connectivity index (χ1) is 34.8. The number of aliphatic hydroxyl groups excluding tert-OH is 1. The second kappa shape index (κ2) is 20.8. The van der Waals surface area contributed by atoms with Gasteiger partial charge in [-0.3, -0.25) is 24.6 Å². The monoisotopic (exact) mass is 1000 g/mol. The Hall–Kier alpha value is -6.13. The highest BCUT2D eigenvalue weighted by Crippen LogP contribution is 2.56. The maximum Gasteiger partial charge on any atom is 0.328 e. The van der Waals surface area contributed by atoms with Crippen LogP contribution in [0.5, 0.6) is 11.5 Å². The number of anilines is 1. The molecule has 5 aromatic rings. The van der Waals surface area contributed by atoms with Crippen LogP contribution >= 0.6 is 11.6 Å². The second-order valence-corrected chi connectivity index (χ2v) is 20.5. The number of nitrogens with zero attached hydrogens (tertiary/aromatic N) is 3. The fourth-order valence-electron chi connectivity index (χ4n) is 12.1. The maximum absolute atomic E-state index is 16.5. The van der Waals surface area contributed by atoms with Crippen LogP contribution in [0.4, 0.5) is 19.3 Å². The molecule has 5 aliphatic rings. The summed E-state index contributed by atoms with van der Waals surface area (Å²) < 4.78 is 44.6. The molecular weight excluding hydrogens is 942 g/mol. The van der Waals surface area contributed by atoms with E-state index in [0.717, 1.165) is 99.6 Å². The standard InChI is InChI=1S/C56H61ClF2N6O7/c1-33-48-46(31-44(58)51(57)50(48)49-43(53(60)68)15-16-45(52(49)59)71-28-27-66)72-56(33,39-5-3-2-4-6-39)32-61-40-12-9-35(10-13-40)54(69)64-24-19-41(20-25-64)63-22-17-34(18-23-63)36-7-8-38-30-42(14-11-37(38)29-36)65-26-21-47(67)62-55(65)70/h2-8,11,14-16,29-31,33-35,40-41,61,66H,9-10,12-13,17-28,32H2,1H3,(H2,60,68)(H,62,67,70). The molecule has 378 valence electrons. The number of aliphatic hydroxyl groups is 1. The van der Waals surface area contributed by atoms with Gasteiger partial charge in [-0.1, -0.05) is 73.1 Å². The molecule has 5 amide bonds. The minimum Gasteiger partial charge on any atom is -0.488 e. The summed E-state index contributed by atoms with van der Waals surface area (Å²) in [6, 6.07) is 26.2. The number of fused-ring (bicyclic) bond motifs is 2. The van der Waals surface area contributed by atoms with Gasteiger partial charge in [0.1, 0.15) is 18.2 Å². The number of hydrogen-bond donors (Lipinski definition) is 4. The zero-order chi connectivity index (χ0) is 50.3. The third-order valence-corrected chi connectivity index (χ3v) is 16.5. The maximum atomic E-state index is 16.5. The Balaban J connectivity index is 0.742. The van der Waals surface area contributed by atoms with Crippen molar-refractivity contribution < 1.29 is 42.5 Å². The number of halogens is 3. The lowest BCUT2D eigenvalue weighted by molar-refractivity contribution is -0.138. The molecule has 0 aromatic heterocycles. The van der Waals surface area contributed by atoms with Gasteiger partial charge in [0.05, 0.1) is 17.2 Å². The van der Waals surface area contributed by atoms with Crippen LogP contribution in [-0.4, -0.2) is 103 Å². The first-order valence-corrected chi connectivity index (χ1v) is 25.7. The zero-order valence-corrected chi connectivity index (χ0v) is 41.2. The van der Waals surface area contributed by atoms with Gasteiger partial charge < -0.3 is 35.4 Å². The number of nitrogens with one attached hydrogen (secondary N) is 2. The molecule has 13 nitrogen and oxygen atoms in total. The average Bonchev–Trinajstić information content (AvgIpc) is 3.68. The molecule has 0 bridgehead atoms. The van der Waals surface area contributed by atoms with Crippen LogP contribution in [0.25, 0.3) is 21.9 Å².